The molecule has 1 aliphatic carbocycles. The van der Waals surface area contributed by atoms with E-state index in [0.29, 0.717) is 23.4 Å². The number of nitrogens with one attached hydrogen (secondary N) is 1. The fourth-order valence-electron chi connectivity index (χ4n) is 4.14. The van der Waals surface area contributed by atoms with Crippen LogP contribution in [0.2, 0.25) is 0 Å². The molecule has 5 rings (SSSR count). The highest BCUT2D eigenvalue weighted by Gasteiger charge is 2.40. The Kier molecular flexibility index (Phi) is 5.03. The highest BCUT2D eigenvalue weighted by Crippen LogP contribution is 2.40. The van der Waals surface area contributed by atoms with Gasteiger partial charge in [-0.2, -0.15) is 18.3 Å². The topological polar surface area (TPSA) is 68.5 Å². The zero-order chi connectivity index (χ0) is 23.2. The van der Waals surface area contributed by atoms with Crippen LogP contribution in [0.15, 0.2) is 54.6 Å². The maximum Gasteiger partial charge on any atom is 0.433 e. The van der Waals surface area contributed by atoms with Crippen molar-refractivity contribution in [2.24, 2.45) is 0 Å². The number of ether oxygens (including phenoxy) is 1. The molecule has 0 radical (unpaired) electrons. The third kappa shape index (κ3) is 3.79. The van der Waals surface area contributed by atoms with Gasteiger partial charge in [-0.15, -0.1) is 0 Å². The van der Waals surface area contributed by atoms with Gasteiger partial charge in [0, 0.05) is 23.7 Å². The fourth-order valence-corrected chi connectivity index (χ4v) is 4.14. The quantitative estimate of drug-likeness (QED) is 0.497. The molecule has 0 bridgehead atoms. The summed E-state index contributed by atoms with van der Waals surface area (Å²) in [5.41, 5.74) is 1.80. The minimum atomic E-state index is -4.65. The fraction of sp³-hybridized carbons (Fsp3) is 0.208. The minimum absolute atomic E-state index is 0.0209. The van der Waals surface area contributed by atoms with Gasteiger partial charge in [-0.25, -0.2) is 9.50 Å². The van der Waals surface area contributed by atoms with Gasteiger partial charge < -0.3 is 10.1 Å². The molecule has 0 atom stereocenters. The second kappa shape index (κ2) is 7.91. The second-order valence-corrected chi connectivity index (χ2v) is 7.77. The van der Waals surface area contributed by atoms with Gasteiger partial charge in [-0.1, -0.05) is 36.4 Å². The lowest BCUT2D eigenvalue weighted by Gasteiger charge is -2.23. The molecule has 33 heavy (non-hydrogen) atoms. The number of rotatable bonds is 4. The van der Waals surface area contributed by atoms with Crippen LogP contribution in [-0.2, 0) is 25.6 Å². The summed E-state index contributed by atoms with van der Waals surface area (Å²) in [6.45, 7) is 0.195. The summed E-state index contributed by atoms with van der Waals surface area (Å²) >= 11 is 0. The molecule has 0 saturated heterocycles. The van der Waals surface area contributed by atoms with Crippen LogP contribution in [0.5, 0.6) is 5.75 Å². The molecule has 1 N–H and O–H groups in total. The molecule has 0 unspecified atom stereocenters. The van der Waals surface area contributed by atoms with Gasteiger partial charge in [-0.3, -0.25) is 4.79 Å². The lowest BCUT2D eigenvalue weighted by atomic mass is 9.88. The molecule has 0 saturated carbocycles. The van der Waals surface area contributed by atoms with Gasteiger partial charge in [0.05, 0.1) is 12.8 Å². The molecule has 9 heteroatoms. The van der Waals surface area contributed by atoms with Crippen molar-refractivity contribution in [3.05, 3.63) is 82.7 Å². The van der Waals surface area contributed by atoms with E-state index < -0.39 is 17.8 Å². The Labute approximate surface area is 187 Å². The highest BCUT2D eigenvalue weighted by molar-refractivity contribution is 5.93. The van der Waals surface area contributed by atoms with E-state index in [0.717, 1.165) is 15.6 Å². The van der Waals surface area contributed by atoms with Gasteiger partial charge in [0.15, 0.2) is 17.0 Å². The number of hydrogen-bond donors (Lipinski definition) is 1. The van der Waals surface area contributed by atoms with Crippen LogP contribution in [0.1, 0.15) is 32.9 Å². The first-order valence-electron chi connectivity index (χ1n) is 10.3. The Morgan fingerprint density at radius 3 is 2.61 bits per heavy atom. The van der Waals surface area contributed by atoms with Gasteiger partial charge in [0.1, 0.15) is 5.75 Å². The monoisotopic (exact) mass is 452 g/mol. The average Bonchev–Trinajstić information content (AvgIpc) is 3.24. The number of fused-ring (bicyclic) bond motifs is 4. The largest absolute Gasteiger partial charge is 0.497 e. The average molecular weight is 452 g/mol. The predicted octanol–water partition coefficient (Wildman–Crippen LogP) is 4.45. The summed E-state index contributed by atoms with van der Waals surface area (Å²) < 4.78 is 48.2. The van der Waals surface area contributed by atoms with Crippen molar-refractivity contribution in [1.82, 2.24) is 19.9 Å². The summed E-state index contributed by atoms with van der Waals surface area (Å²) in [5.74, 6) is 0.101. The van der Waals surface area contributed by atoms with Crippen LogP contribution >= 0.6 is 0 Å². The van der Waals surface area contributed by atoms with E-state index in [1.165, 1.54) is 6.07 Å². The Morgan fingerprint density at radius 1 is 1.12 bits per heavy atom. The normalized spacial score (nSPS) is 12.8. The number of methoxy groups -OCH3 is 1. The zero-order valence-electron chi connectivity index (χ0n) is 17.6. The van der Waals surface area contributed by atoms with Crippen molar-refractivity contribution in [3.8, 4) is 17.0 Å². The predicted molar refractivity (Wildman–Crippen MR) is 115 cm³/mol. The van der Waals surface area contributed by atoms with E-state index in [9.17, 15) is 18.0 Å². The molecule has 4 aromatic rings. The van der Waals surface area contributed by atoms with E-state index >= 15 is 0 Å². The molecule has 1 amide bonds. The molecule has 0 spiro atoms. The van der Waals surface area contributed by atoms with Crippen LogP contribution in [0.3, 0.4) is 0 Å². The zero-order valence-corrected chi connectivity index (χ0v) is 17.6. The number of nitrogens with zero attached hydrogens (tertiary/aromatic N) is 3. The molecule has 168 valence electrons. The lowest BCUT2D eigenvalue weighted by Crippen LogP contribution is -2.24. The smallest absolute Gasteiger partial charge is 0.433 e. The Bertz CT molecular complexity index is 1360. The van der Waals surface area contributed by atoms with Crippen molar-refractivity contribution < 1.29 is 22.7 Å². The van der Waals surface area contributed by atoms with Crippen molar-refractivity contribution in [1.29, 1.82) is 0 Å². The number of alkyl halides is 3. The molecule has 2 aromatic carbocycles. The van der Waals surface area contributed by atoms with Crippen LogP contribution < -0.4 is 10.1 Å². The number of hydrogen-bond acceptors (Lipinski definition) is 4. The van der Waals surface area contributed by atoms with E-state index in [2.05, 4.69) is 15.4 Å². The first-order chi connectivity index (χ1) is 15.8. The maximum absolute atomic E-state index is 14.1. The summed E-state index contributed by atoms with van der Waals surface area (Å²) in [5, 5.41) is 6.68. The van der Waals surface area contributed by atoms with Gasteiger partial charge in [0.25, 0.3) is 5.91 Å². The minimum Gasteiger partial charge on any atom is -0.497 e. The van der Waals surface area contributed by atoms with E-state index in [1.807, 2.05) is 12.1 Å². The maximum atomic E-state index is 14.1. The highest BCUT2D eigenvalue weighted by atomic mass is 19.4. The first-order valence-corrected chi connectivity index (χ1v) is 10.3. The summed E-state index contributed by atoms with van der Waals surface area (Å²) in [7, 11) is 1.56. The third-order valence-corrected chi connectivity index (χ3v) is 5.73. The third-order valence-electron chi connectivity index (χ3n) is 5.73. The van der Waals surface area contributed by atoms with Crippen molar-refractivity contribution in [2.75, 3.05) is 7.11 Å². The number of carbonyl (C=O) groups excluding carboxylic acids is 1. The molecule has 6 nitrogen and oxygen atoms in total. The van der Waals surface area contributed by atoms with Gasteiger partial charge in [0.2, 0.25) is 0 Å². The van der Waals surface area contributed by atoms with Crippen LogP contribution in [0, 0.1) is 0 Å². The second-order valence-electron chi connectivity index (χ2n) is 7.77. The number of benzene rings is 2. The van der Waals surface area contributed by atoms with Crippen molar-refractivity contribution in [2.45, 2.75) is 25.6 Å². The molecule has 2 heterocycles. The Morgan fingerprint density at radius 2 is 1.88 bits per heavy atom. The van der Waals surface area contributed by atoms with E-state index in [1.54, 1.807) is 43.5 Å². The summed E-state index contributed by atoms with van der Waals surface area (Å²) in [6.07, 6.45) is -3.97. The van der Waals surface area contributed by atoms with Crippen molar-refractivity contribution >= 4 is 11.6 Å². The number of carbonyl (C=O) groups is 1. The Balaban J connectivity index is 1.52. The van der Waals surface area contributed by atoms with Crippen LogP contribution in [0.4, 0.5) is 13.2 Å². The first kappa shape index (κ1) is 21.0. The molecule has 2 aromatic heterocycles. The van der Waals surface area contributed by atoms with Crippen molar-refractivity contribution in [3.63, 3.8) is 0 Å². The molecular formula is C24H19F3N4O2. The van der Waals surface area contributed by atoms with E-state index in [4.69, 9.17) is 4.74 Å². The van der Waals surface area contributed by atoms with Gasteiger partial charge >= 0.3 is 6.18 Å². The standard InChI is InChI=1S/C24H19F3N4O2/c1-33-16-9-6-14(7-10-16)13-28-23(32)19-12-20-29-21-17-5-3-2-4-15(17)8-11-18(21)22(24(25,26)27)31(20)30-19/h2-7,9-10,12H,8,11,13H2,1H3,(H,28,32). The van der Waals surface area contributed by atoms with Crippen LogP contribution in [-0.4, -0.2) is 27.6 Å². The van der Waals surface area contributed by atoms with Crippen LogP contribution in [0.25, 0.3) is 16.9 Å². The number of aryl methyl sites for hydroxylation is 1. The van der Waals surface area contributed by atoms with Gasteiger partial charge in [-0.05, 0) is 36.1 Å². The lowest BCUT2D eigenvalue weighted by molar-refractivity contribution is -0.143. The SMILES string of the molecule is COc1ccc(CNC(=O)c2cc3nc4c(c(C(F)(F)F)n3n2)CCc2ccccc2-4)cc1. The molecule has 0 aliphatic heterocycles. The number of amides is 1. The molecule has 1 aliphatic rings. The Hall–Kier alpha value is -3.88. The molecular weight excluding hydrogens is 433 g/mol. The summed E-state index contributed by atoms with van der Waals surface area (Å²) in [6, 6.07) is 15.7. The summed E-state index contributed by atoms with van der Waals surface area (Å²) in [4.78, 5) is 17.1. The number of halogens is 3. The molecule has 0 fully saturated rings. The number of aromatic nitrogens is 3. The van der Waals surface area contributed by atoms with E-state index in [-0.39, 0.29) is 29.9 Å².